The molecule has 0 fully saturated rings. The average Bonchev–Trinajstić information content (AvgIpc) is 2.44. The maximum atomic E-state index is 12.5. The van der Waals surface area contributed by atoms with Crippen LogP contribution in [0.4, 0.5) is 0 Å². The van der Waals surface area contributed by atoms with Crippen LogP contribution in [0.15, 0.2) is 28.7 Å². The zero-order valence-electron chi connectivity index (χ0n) is 12.6. The molecule has 112 valence electrons. The fraction of sp³-hybridized carbons (Fsp3) is 0.562. The van der Waals surface area contributed by atoms with E-state index in [9.17, 15) is 4.79 Å². The lowest BCUT2D eigenvalue weighted by molar-refractivity contribution is -0.134. The van der Waals surface area contributed by atoms with Gasteiger partial charge in [-0.25, -0.2) is 0 Å². The number of nitrogens with two attached hydrogens (primary N) is 1. The molecular formula is C16H25BrN2O. The van der Waals surface area contributed by atoms with E-state index >= 15 is 0 Å². The first-order valence-corrected chi connectivity index (χ1v) is 8.04. The van der Waals surface area contributed by atoms with E-state index in [-0.39, 0.29) is 17.9 Å². The van der Waals surface area contributed by atoms with Crippen molar-refractivity contribution in [3.8, 4) is 0 Å². The van der Waals surface area contributed by atoms with Crippen molar-refractivity contribution in [3.05, 3.63) is 34.3 Å². The van der Waals surface area contributed by atoms with Gasteiger partial charge in [-0.3, -0.25) is 4.79 Å². The van der Waals surface area contributed by atoms with Crippen LogP contribution in [-0.2, 0) is 4.79 Å². The highest BCUT2D eigenvalue weighted by atomic mass is 79.9. The van der Waals surface area contributed by atoms with E-state index < -0.39 is 0 Å². The molecule has 1 aromatic rings. The number of rotatable bonds is 7. The number of benzene rings is 1. The van der Waals surface area contributed by atoms with Gasteiger partial charge in [-0.1, -0.05) is 48.0 Å². The Morgan fingerprint density at radius 1 is 1.35 bits per heavy atom. The zero-order chi connectivity index (χ0) is 15.1. The molecule has 0 aliphatic rings. The summed E-state index contributed by atoms with van der Waals surface area (Å²) in [5.41, 5.74) is 6.78. The van der Waals surface area contributed by atoms with Crippen molar-refractivity contribution in [2.24, 2.45) is 11.7 Å². The third kappa shape index (κ3) is 4.60. The largest absolute Gasteiger partial charge is 0.336 e. The number of carbonyl (C=O) groups is 1. The molecule has 0 aromatic heterocycles. The van der Waals surface area contributed by atoms with Crippen molar-refractivity contribution in [1.82, 2.24) is 4.90 Å². The maximum Gasteiger partial charge on any atom is 0.223 e. The van der Waals surface area contributed by atoms with Gasteiger partial charge in [0, 0.05) is 17.4 Å². The first kappa shape index (κ1) is 17.2. The van der Waals surface area contributed by atoms with E-state index in [2.05, 4.69) is 35.8 Å². The smallest absolute Gasteiger partial charge is 0.223 e. The molecule has 0 aliphatic heterocycles. The second-order valence-electron chi connectivity index (χ2n) is 5.33. The third-order valence-electron chi connectivity index (χ3n) is 3.53. The van der Waals surface area contributed by atoms with Gasteiger partial charge in [-0.05, 0) is 37.4 Å². The Bertz CT molecular complexity index is 436. The van der Waals surface area contributed by atoms with Gasteiger partial charge in [0.15, 0.2) is 0 Å². The summed E-state index contributed by atoms with van der Waals surface area (Å²) < 4.78 is 1.05. The Morgan fingerprint density at radius 2 is 2.00 bits per heavy atom. The van der Waals surface area contributed by atoms with E-state index in [1.54, 1.807) is 0 Å². The molecule has 0 saturated carbocycles. The van der Waals surface area contributed by atoms with Crippen LogP contribution in [-0.4, -0.2) is 23.9 Å². The molecule has 2 N–H and O–H groups in total. The molecule has 2 unspecified atom stereocenters. The third-order valence-corrected chi connectivity index (χ3v) is 4.26. The van der Waals surface area contributed by atoms with Gasteiger partial charge >= 0.3 is 0 Å². The summed E-state index contributed by atoms with van der Waals surface area (Å²) in [6.07, 6.45) is 1.48. The second kappa shape index (κ2) is 8.42. The van der Waals surface area contributed by atoms with Crippen LogP contribution in [0.5, 0.6) is 0 Å². The Balaban J connectivity index is 2.90. The quantitative estimate of drug-likeness (QED) is 0.821. The molecule has 0 radical (unpaired) electrons. The topological polar surface area (TPSA) is 46.3 Å². The molecule has 20 heavy (non-hydrogen) atoms. The van der Waals surface area contributed by atoms with Crippen LogP contribution in [0.3, 0.4) is 0 Å². The minimum absolute atomic E-state index is 0.0722. The first-order chi connectivity index (χ1) is 9.51. The van der Waals surface area contributed by atoms with Crippen LogP contribution < -0.4 is 5.73 Å². The van der Waals surface area contributed by atoms with Crippen LogP contribution >= 0.6 is 15.9 Å². The normalized spacial score (nSPS) is 13.8. The lowest BCUT2D eigenvalue weighted by Crippen LogP contribution is -2.36. The summed E-state index contributed by atoms with van der Waals surface area (Å²) >= 11 is 3.57. The van der Waals surface area contributed by atoms with Crippen molar-refractivity contribution in [2.75, 3.05) is 13.1 Å². The molecule has 1 amide bonds. The summed E-state index contributed by atoms with van der Waals surface area (Å²) in [5.74, 6) is 0.418. The molecule has 2 atom stereocenters. The summed E-state index contributed by atoms with van der Waals surface area (Å²) in [5, 5.41) is 0. The summed E-state index contributed by atoms with van der Waals surface area (Å²) in [6, 6.07) is 8.15. The lowest BCUT2D eigenvalue weighted by Gasteiger charge is -2.31. The van der Waals surface area contributed by atoms with Crippen molar-refractivity contribution in [1.29, 1.82) is 0 Å². The van der Waals surface area contributed by atoms with Gasteiger partial charge < -0.3 is 10.6 Å². The number of amides is 1. The zero-order valence-corrected chi connectivity index (χ0v) is 14.2. The molecule has 4 heteroatoms. The van der Waals surface area contributed by atoms with Crippen LogP contribution in [0.2, 0.25) is 0 Å². The van der Waals surface area contributed by atoms with Gasteiger partial charge in [0.25, 0.3) is 0 Å². The predicted molar refractivity (Wildman–Crippen MR) is 87.4 cm³/mol. The average molecular weight is 341 g/mol. The van der Waals surface area contributed by atoms with E-state index in [1.807, 2.05) is 30.0 Å². The standard InChI is InChI=1S/C16H25BrN2O/c1-4-9-19(16(20)10-12(2)11-18)13(3)14-7-5-6-8-15(14)17/h5-8,12-13H,4,9-11,18H2,1-3H3. The molecule has 1 rings (SSSR count). The van der Waals surface area contributed by atoms with E-state index in [0.29, 0.717) is 13.0 Å². The molecule has 0 heterocycles. The Morgan fingerprint density at radius 3 is 2.55 bits per heavy atom. The van der Waals surface area contributed by atoms with Crippen LogP contribution in [0.1, 0.15) is 45.2 Å². The Labute approximate surface area is 130 Å². The highest BCUT2D eigenvalue weighted by molar-refractivity contribution is 9.10. The molecule has 1 aromatic carbocycles. The number of nitrogens with zero attached hydrogens (tertiary/aromatic N) is 1. The fourth-order valence-electron chi connectivity index (χ4n) is 2.26. The van der Waals surface area contributed by atoms with Crippen LogP contribution in [0.25, 0.3) is 0 Å². The van der Waals surface area contributed by atoms with Gasteiger partial charge in [0.05, 0.1) is 6.04 Å². The molecule has 0 bridgehead atoms. The molecule has 0 spiro atoms. The number of halogens is 1. The maximum absolute atomic E-state index is 12.5. The van der Waals surface area contributed by atoms with Gasteiger partial charge in [-0.2, -0.15) is 0 Å². The summed E-state index contributed by atoms with van der Waals surface area (Å²) in [4.78, 5) is 14.4. The van der Waals surface area contributed by atoms with Gasteiger partial charge in [0.1, 0.15) is 0 Å². The fourth-order valence-corrected chi connectivity index (χ4v) is 2.87. The predicted octanol–water partition coefficient (Wildman–Crippen LogP) is 3.73. The van der Waals surface area contributed by atoms with E-state index in [1.165, 1.54) is 0 Å². The van der Waals surface area contributed by atoms with E-state index in [4.69, 9.17) is 5.73 Å². The summed E-state index contributed by atoms with van der Waals surface area (Å²) in [6.45, 7) is 7.53. The summed E-state index contributed by atoms with van der Waals surface area (Å²) in [7, 11) is 0. The monoisotopic (exact) mass is 340 g/mol. The number of hydrogen-bond acceptors (Lipinski definition) is 2. The number of carbonyl (C=O) groups excluding carboxylic acids is 1. The minimum atomic E-state index is 0.0722. The van der Waals surface area contributed by atoms with Crippen molar-refractivity contribution < 1.29 is 4.79 Å². The second-order valence-corrected chi connectivity index (χ2v) is 6.18. The Kier molecular flexibility index (Phi) is 7.24. The van der Waals surface area contributed by atoms with Gasteiger partial charge in [0.2, 0.25) is 5.91 Å². The first-order valence-electron chi connectivity index (χ1n) is 7.25. The molecule has 0 aliphatic carbocycles. The molecular weight excluding hydrogens is 316 g/mol. The highest BCUT2D eigenvalue weighted by Gasteiger charge is 2.23. The van der Waals surface area contributed by atoms with Crippen molar-refractivity contribution >= 4 is 21.8 Å². The van der Waals surface area contributed by atoms with Crippen molar-refractivity contribution in [3.63, 3.8) is 0 Å². The SMILES string of the molecule is CCCN(C(=O)CC(C)CN)C(C)c1ccccc1Br. The van der Waals surface area contributed by atoms with E-state index in [0.717, 1.165) is 23.0 Å². The molecule has 3 nitrogen and oxygen atoms in total. The van der Waals surface area contributed by atoms with Crippen LogP contribution in [0, 0.1) is 5.92 Å². The Hall–Kier alpha value is -0.870. The highest BCUT2D eigenvalue weighted by Crippen LogP contribution is 2.28. The molecule has 0 saturated heterocycles. The van der Waals surface area contributed by atoms with Gasteiger partial charge in [-0.15, -0.1) is 0 Å². The number of hydrogen-bond donors (Lipinski definition) is 1. The lowest BCUT2D eigenvalue weighted by atomic mass is 10.0. The minimum Gasteiger partial charge on any atom is -0.336 e. The van der Waals surface area contributed by atoms with Crippen molar-refractivity contribution in [2.45, 2.75) is 39.7 Å².